The van der Waals surface area contributed by atoms with Crippen molar-refractivity contribution in [1.82, 2.24) is 8.87 Å². The average Bonchev–Trinajstić information content (AvgIpc) is 2.80. The molecule has 2 atom stereocenters. The summed E-state index contributed by atoms with van der Waals surface area (Å²) in [5, 5.41) is 0. The van der Waals surface area contributed by atoms with Gasteiger partial charge in [0.25, 0.3) is 0 Å². The maximum absolute atomic E-state index is 12.9. The first kappa shape index (κ1) is 16.3. The van der Waals surface area contributed by atoms with Crippen LogP contribution in [0.25, 0.3) is 11.1 Å². The summed E-state index contributed by atoms with van der Waals surface area (Å²) in [6, 6.07) is 4.66. The topological polar surface area (TPSA) is 72.5 Å². The molecular formula is C16H22N2O4S. The third-order valence-electron chi connectivity index (χ3n) is 4.43. The summed E-state index contributed by atoms with van der Waals surface area (Å²) in [4.78, 5) is 11.9. The van der Waals surface area contributed by atoms with E-state index in [9.17, 15) is 13.2 Å². The number of fused-ring (bicyclic) bond motifs is 1. The van der Waals surface area contributed by atoms with Crippen molar-refractivity contribution in [2.24, 2.45) is 11.8 Å². The lowest BCUT2D eigenvalue weighted by Crippen LogP contribution is -2.42. The molecule has 126 valence electrons. The predicted octanol–water partition coefficient (Wildman–Crippen LogP) is 2.28. The Bertz CT molecular complexity index is 871. The second-order valence-electron chi connectivity index (χ2n) is 6.51. The van der Waals surface area contributed by atoms with Crippen molar-refractivity contribution in [2.45, 2.75) is 38.6 Å². The molecule has 3 rings (SSSR count). The van der Waals surface area contributed by atoms with E-state index in [2.05, 4.69) is 13.8 Å². The molecule has 1 fully saturated rings. The highest BCUT2D eigenvalue weighted by Gasteiger charge is 2.32. The van der Waals surface area contributed by atoms with Crippen LogP contribution in [0.3, 0.4) is 0 Å². The lowest BCUT2D eigenvalue weighted by molar-refractivity contribution is 0.222. The van der Waals surface area contributed by atoms with Gasteiger partial charge in [0.1, 0.15) is 0 Å². The highest BCUT2D eigenvalue weighted by Crippen LogP contribution is 2.28. The number of nitrogens with zero attached hydrogens (tertiary/aromatic N) is 2. The Morgan fingerprint density at radius 2 is 1.87 bits per heavy atom. The molecule has 1 aromatic carbocycles. The van der Waals surface area contributed by atoms with Crippen molar-refractivity contribution in [2.75, 3.05) is 13.1 Å². The van der Waals surface area contributed by atoms with Crippen molar-refractivity contribution in [1.29, 1.82) is 0 Å². The molecule has 0 amide bonds. The van der Waals surface area contributed by atoms with Gasteiger partial charge in [-0.3, -0.25) is 4.57 Å². The molecule has 7 heteroatoms. The van der Waals surface area contributed by atoms with E-state index in [1.807, 2.05) is 6.92 Å². The number of piperidine rings is 1. The molecule has 1 aliphatic rings. The number of oxazole rings is 1. The minimum Gasteiger partial charge on any atom is -0.408 e. The number of aryl methyl sites for hydroxylation is 1. The van der Waals surface area contributed by atoms with E-state index in [-0.39, 0.29) is 4.90 Å². The molecule has 0 N–H and O–H groups in total. The summed E-state index contributed by atoms with van der Waals surface area (Å²) in [6.45, 7) is 7.54. The van der Waals surface area contributed by atoms with Crippen molar-refractivity contribution >= 4 is 21.1 Å². The minimum absolute atomic E-state index is 0.184. The molecule has 0 spiro atoms. The molecule has 23 heavy (non-hydrogen) atoms. The van der Waals surface area contributed by atoms with Gasteiger partial charge in [0.2, 0.25) is 10.0 Å². The number of benzene rings is 1. The minimum atomic E-state index is -3.57. The Balaban J connectivity index is 2.03. The monoisotopic (exact) mass is 338 g/mol. The highest BCUT2D eigenvalue weighted by atomic mass is 32.2. The van der Waals surface area contributed by atoms with Gasteiger partial charge in [-0.05, 0) is 37.3 Å². The molecular weight excluding hydrogens is 316 g/mol. The first-order valence-electron chi connectivity index (χ1n) is 7.96. The van der Waals surface area contributed by atoms with Gasteiger partial charge in [0.05, 0.1) is 10.4 Å². The van der Waals surface area contributed by atoms with Crippen LogP contribution in [0.5, 0.6) is 0 Å². The summed E-state index contributed by atoms with van der Waals surface area (Å²) in [6.07, 6.45) is 1.04. The SMILES string of the molecule is CCn1c(=O)oc2cc(S(=O)(=O)N3CC(C)CC(C)C3)ccc21. The fourth-order valence-electron chi connectivity index (χ4n) is 3.46. The van der Waals surface area contributed by atoms with Gasteiger partial charge in [-0.25, -0.2) is 13.2 Å². The van der Waals surface area contributed by atoms with Crippen LogP contribution >= 0.6 is 0 Å². The second kappa shape index (κ2) is 5.79. The third kappa shape index (κ3) is 2.83. The lowest BCUT2D eigenvalue weighted by Gasteiger charge is -2.34. The number of hydrogen-bond donors (Lipinski definition) is 0. The van der Waals surface area contributed by atoms with Gasteiger partial charge >= 0.3 is 5.76 Å². The van der Waals surface area contributed by atoms with E-state index in [0.29, 0.717) is 42.6 Å². The maximum atomic E-state index is 12.9. The first-order chi connectivity index (χ1) is 10.8. The van der Waals surface area contributed by atoms with E-state index >= 15 is 0 Å². The van der Waals surface area contributed by atoms with Crippen molar-refractivity contribution < 1.29 is 12.8 Å². The Morgan fingerprint density at radius 3 is 2.48 bits per heavy atom. The summed E-state index contributed by atoms with van der Waals surface area (Å²) < 4.78 is 34.0. The number of hydrogen-bond acceptors (Lipinski definition) is 4. The van der Waals surface area contributed by atoms with Crippen LogP contribution in [0.2, 0.25) is 0 Å². The van der Waals surface area contributed by atoms with Crippen LogP contribution in [0.15, 0.2) is 32.3 Å². The van der Waals surface area contributed by atoms with Crippen LogP contribution < -0.4 is 5.76 Å². The molecule has 1 saturated heterocycles. The van der Waals surface area contributed by atoms with Crippen molar-refractivity contribution in [3.8, 4) is 0 Å². The molecule has 2 unspecified atom stereocenters. The summed E-state index contributed by atoms with van der Waals surface area (Å²) in [5.74, 6) is 0.227. The van der Waals surface area contributed by atoms with E-state index in [0.717, 1.165) is 6.42 Å². The molecule has 1 aromatic heterocycles. The average molecular weight is 338 g/mol. The first-order valence-corrected chi connectivity index (χ1v) is 9.40. The van der Waals surface area contributed by atoms with Gasteiger partial charge in [0, 0.05) is 25.7 Å². The van der Waals surface area contributed by atoms with Crippen LogP contribution in [0.1, 0.15) is 27.2 Å². The van der Waals surface area contributed by atoms with Crippen molar-refractivity contribution in [3.05, 3.63) is 28.7 Å². The van der Waals surface area contributed by atoms with E-state index in [1.165, 1.54) is 10.6 Å². The highest BCUT2D eigenvalue weighted by molar-refractivity contribution is 7.89. The Morgan fingerprint density at radius 1 is 1.22 bits per heavy atom. The molecule has 2 aromatic rings. The third-order valence-corrected chi connectivity index (χ3v) is 6.26. The molecule has 0 radical (unpaired) electrons. The van der Waals surface area contributed by atoms with Crippen LogP contribution in [0, 0.1) is 11.8 Å². The molecule has 1 aliphatic heterocycles. The van der Waals surface area contributed by atoms with Crippen LogP contribution in [-0.2, 0) is 16.6 Å². The zero-order valence-corrected chi connectivity index (χ0v) is 14.5. The predicted molar refractivity (Wildman–Crippen MR) is 87.9 cm³/mol. The Labute approximate surface area is 135 Å². The number of rotatable bonds is 3. The number of sulfonamides is 1. The van der Waals surface area contributed by atoms with Crippen LogP contribution in [0.4, 0.5) is 0 Å². The van der Waals surface area contributed by atoms with E-state index < -0.39 is 15.8 Å². The van der Waals surface area contributed by atoms with Crippen molar-refractivity contribution in [3.63, 3.8) is 0 Å². The zero-order valence-electron chi connectivity index (χ0n) is 13.7. The Hall–Kier alpha value is -1.60. The second-order valence-corrected chi connectivity index (χ2v) is 8.45. The van der Waals surface area contributed by atoms with Gasteiger partial charge in [-0.15, -0.1) is 0 Å². The molecule has 2 heterocycles. The summed E-state index contributed by atoms with van der Waals surface area (Å²) in [5.41, 5.74) is 0.938. The zero-order chi connectivity index (χ0) is 16.8. The van der Waals surface area contributed by atoms with Gasteiger partial charge in [-0.2, -0.15) is 4.31 Å². The lowest BCUT2D eigenvalue weighted by atomic mass is 9.94. The van der Waals surface area contributed by atoms with E-state index in [1.54, 1.807) is 16.4 Å². The van der Waals surface area contributed by atoms with E-state index in [4.69, 9.17) is 4.42 Å². The number of aromatic nitrogens is 1. The van der Waals surface area contributed by atoms with Crippen LogP contribution in [-0.4, -0.2) is 30.4 Å². The molecule has 0 bridgehead atoms. The standard InChI is InChI=1S/C16H22N2O4S/c1-4-18-14-6-5-13(8-15(14)22-16(18)19)23(20,21)17-9-11(2)7-12(3)10-17/h5-6,8,11-12H,4,7,9-10H2,1-3H3. The normalized spacial score (nSPS) is 23.4. The summed E-state index contributed by atoms with van der Waals surface area (Å²) >= 11 is 0. The maximum Gasteiger partial charge on any atom is 0.419 e. The largest absolute Gasteiger partial charge is 0.419 e. The van der Waals surface area contributed by atoms with Gasteiger partial charge in [-0.1, -0.05) is 13.8 Å². The molecule has 6 nitrogen and oxygen atoms in total. The Kier molecular flexibility index (Phi) is 4.10. The molecule has 0 saturated carbocycles. The smallest absolute Gasteiger partial charge is 0.408 e. The quantitative estimate of drug-likeness (QED) is 0.861. The fourth-order valence-corrected chi connectivity index (χ4v) is 5.15. The summed E-state index contributed by atoms with van der Waals surface area (Å²) in [7, 11) is -3.57. The fraction of sp³-hybridized carbons (Fsp3) is 0.562. The van der Waals surface area contributed by atoms with Gasteiger partial charge in [0.15, 0.2) is 5.58 Å². The molecule has 0 aliphatic carbocycles. The van der Waals surface area contributed by atoms with Gasteiger partial charge < -0.3 is 4.42 Å².